The fraction of sp³-hybridized carbons (Fsp3) is 0.421. The smallest absolute Gasteiger partial charge is 0.253 e. The van der Waals surface area contributed by atoms with Crippen molar-refractivity contribution in [2.24, 2.45) is 5.16 Å². The maximum absolute atomic E-state index is 12.7. The van der Waals surface area contributed by atoms with Gasteiger partial charge in [0.15, 0.2) is 0 Å². The fourth-order valence-electron chi connectivity index (χ4n) is 3.37. The highest BCUT2D eigenvalue weighted by Crippen LogP contribution is 2.34. The van der Waals surface area contributed by atoms with Crippen LogP contribution in [-0.2, 0) is 9.63 Å². The molecule has 0 N–H and O–H groups in total. The molecule has 2 heterocycles. The SMILES string of the molecule is C=CC(=O)N(C)c1ccc(C(=O)N2CCC3(CC2)CC(C)=NO3)cc1. The number of oxime groups is 1. The molecule has 0 aromatic heterocycles. The van der Waals surface area contributed by atoms with Gasteiger partial charge in [-0.05, 0) is 37.3 Å². The van der Waals surface area contributed by atoms with Crippen LogP contribution in [0.1, 0.15) is 36.5 Å². The average Bonchev–Trinajstić information content (AvgIpc) is 3.00. The van der Waals surface area contributed by atoms with Gasteiger partial charge in [0.25, 0.3) is 5.91 Å². The van der Waals surface area contributed by atoms with Crippen LogP contribution in [0, 0.1) is 0 Å². The topological polar surface area (TPSA) is 62.2 Å². The lowest BCUT2D eigenvalue weighted by molar-refractivity contribution is -0.113. The van der Waals surface area contributed by atoms with E-state index in [1.165, 1.54) is 11.0 Å². The molecule has 2 amide bonds. The third-order valence-corrected chi connectivity index (χ3v) is 4.94. The molecular weight excluding hydrogens is 318 g/mol. The van der Waals surface area contributed by atoms with Gasteiger partial charge in [0.1, 0.15) is 5.60 Å². The van der Waals surface area contributed by atoms with Crippen LogP contribution in [0.5, 0.6) is 0 Å². The van der Waals surface area contributed by atoms with Gasteiger partial charge in [-0.25, -0.2) is 0 Å². The highest BCUT2D eigenvalue weighted by atomic mass is 16.7. The second-order valence-electron chi connectivity index (χ2n) is 6.72. The number of hydrogen-bond donors (Lipinski definition) is 0. The zero-order valence-electron chi connectivity index (χ0n) is 14.7. The third kappa shape index (κ3) is 3.43. The van der Waals surface area contributed by atoms with Gasteiger partial charge in [-0.2, -0.15) is 0 Å². The average molecular weight is 341 g/mol. The van der Waals surface area contributed by atoms with Crippen LogP contribution < -0.4 is 4.90 Å². The summed E-state index contributed by atoms with van der Waals surface area (Å²) in [5.74, 6) is -0.177. The molecule has 1 fully saturated rings. The van der Waals surface area contributed by atoms with E-state index in [1.54, 1.807) is 31.3 Å². The van der Waals surface area contributed by atoms with Crippen molar-refractivity contribution in [2.75, 3.05) is 25.0 Å². The van der Waals surface area contributed by atoms with E-state index in [2.05, 4.69) is 11.7 Å². The zero-order chi connectivity index (χ0) is 18.0. The number of likely N-dealkylation sites (tertiary alicyclic amines) is 1. The number of rotatable bonds is 3. The van der Waals surface area contributed by atoms with Crippen LogP contribution in [-0.4, -0.2) is 48.2 Å². The molecule has 0 radical (unpaired) electrons. The maximum atomic E-state index is 12.7. The maximum Gasteiger partial charge on any atom is 0.253 e. The van der Waals surface area contributed by atoms with Gasteiger partial charge in [0, 0.05) is 50.7 Å². The molecule has 0 saturated carbocycles. The van der Waals surface area contributed by atoms with Crippen molar-refractivity contribution in [3.63, 3.8) is 0 Å². The molecule has 132 valence electrons. The summed E-state index contributed by atoms with van der Waals surface area (Å²) in [4.78, 5) is 33.3. The minimum absolute atomic E-state index is 0.00902. The number of carbonyl (C=O) groups is 2. The van der Waals surface area contributed by atoms with Gasteiger partial charge in [-0.1, -0.05) is 11.7 Å². The van der Waals surface area contributed by atoms with Crippen molar-refractivity contribution in [3.05, 3.63) is 42.5 Å². The number of hydrogen-bond acceptors (Lipinski definition) is 4. The first-order valence-electron chi connectivity index (χ1n) is 8.45. The minimum Gasteiger partial charge on any atom is -0.389 e. The number of anilines is 1. The van der Waals surface area contributed by atoms with E-state index in [0.717, 1.165) is 30.7 Å². The lowest BCUT2D eigenvalue weighted by Gasteiger charge is -2.37. The van der Waals surface area contributed by atoms with Crippen molar-refractivity contribution < 1.29 is 14.4 Å². The summed E-state index contributed by atoms with van der Waals surface area (Å²) < 4.78 is 0. The summed E-state index contributed by atoms with van der Waals surface area (Å²) in [6.45, 7) is 6.78. The first-order valence-corrected chi connectivity index (χ1v) is 8.45. The largest absolute Gasteiger partial charge is 0.389 e. The third-order valence-electron chi connectivity index (χ3n) is 4.94. The Labute approximate surface area is 147 Å². The predicted molar refractivity (Wildman–Crippen MR) is 96.7 cm³/mol. The quantitative estimate of drug-likeness (QED) is 0.794. The molecule has 0 unspecified atom stereocenters. The number of carbonyl (C=O) groups excluding carboxylic acids is 2. The number of piperidine rings is 1. The van der Waals surface area contributed by atoms with E-state index < -0.39 is 0 Å². The van der Waals surface area contributed by atoms with Crippen molar-refractivity contribution >= 4 is 23.2 Å². The first kappa shape index (κ1) is 17.2. The Morgan fingerprint density at radius 2 is 1.92 bits per heavy atom. The Kier molecular flexibility index (Phi) is 4.61. The highest BCUT2D eigenvalue weighted by molar-refractivity contribution is 6.01. The van der Waals surface area contributed by atoms with Gasteiger partial charge in [-0.3, -0.25) is 9.59 Å². The van der Waals surface area contributed by atoms with Crippen LogP contribution in [0.25, 0.3) is 0 Å². The second-order valence-corrected chi connectivity index (χ2v) is 6.72. The molecule has 0 atom stereocenters. The van der Waals surface area contributed by atoms with Gasteiger partial charge in [0.05, 0.1) is 5.71 Å². The minimum atomic E-state index is -0.210. The Morgan fingerprint density at radius 3 is 2.44 bits per heavy atom. The molecular formula is C19H23N3O3. The number of nitrogens with zero attached hydrogens (tertiary/aromatic N) is 3. The molecule has 0 bridgehead atoms. The molecule has 1 aromatic rings. The molecule has 1 saturated heterocycles. The lowest BCUT2D eigenvalue weighted by Crippen LogP contribution is -2.46. The van der Waals surface area contributed by atoms with Gasteiger partial charge in [-0.15, -0.1) is 0 Å². The van der Waals surface area contributed by atoms with Crippen molar-refractivity contribution in [3.8, 4) is 0 Å². The summed E-state index contributed by atoms with van der Waals surface area (Å²) in [7, 11) is 1.68. The van der Waals surface area contributed by atoms with Crippen LogP contribution >= 0.6 is 0 Å². The standard InChI is InChI=1S/C19H23N3O3/c1-4-17(23)21(3)16-7-5-15(6-8-16)18(24)22-11-9-19(10-12-22)13-14(2)20-25-19/h4-8H,1,9-13H2,2-3H3. The van der Waals surface area contributed by atoms with Gasteiger partial charge in [0.2, 0.25) is 5.91 Å². The first-order chi connectivity index (χ1) is 11.9. The molecule has 25 heavy (non-hydrogen) atoms. The number of benzene rings is 1. The second kappa shape index (κ2) is 6.70. The monoisotopic (exact) mass is 341 g/mol. The zero-order valence-corrected chi connectivity index (χ0v) is 14.7. The number of likely N-dealkylation sites (N-methyl/N-ethyl adjacent to an activating group) is 1. The van der Waals surface area contributed by atoms with E-state index in [9.17, 15) is 9.59 Å². The molecule has 1 aromatic carbocycles. The molecule has 1 spiro atoms. The summed E-state index contributed by atoms with van der Waals surface area (Å²) in [5.41, 5.74) is 2.16. The Balaban J connectivity index is 1.62. The summed E-state index contributed by atoms with van der Waals surface area (Å²) in [6.07, 6.45) is 3.72. The lowest BCUT2D eigenvalue weighted by atomic mass is 9.87. The Hall–Kier alpha value is -2.63. The van der Waals surface area contributed by atoms with Crippen LogP contribution in [0.3, 0.4) is 0 Å². The van der Waals surface area contributed by atoms with E-state index in [4.69, 9.17) is 4.84 Å². The molecule has 0 aliphatic carbocycles. The van der Waals surface area contributed by atoms with Crippen molar-refractivity contribution in [1.82, 2.24) is 4.90 Å². The van der Waals surface area contributed by atoms with E-state index >= 15 is 0 Å². The van der Waals surface area contributed by atoms with Gasteiger partial charge < -0.3 is 14.6 Å². The fourth-order valence-corrected chi connectivity index (χ4v) is 3.37. The number of amides is 2. The Morgan fingerprint density at radius 1 is 1.28 bits per heavy atom. The van der Waals surface area contributed by atoms with E-state index in [1.807, 2.05) is 11.8 Å². The predicted octanol–water partition coefficient (Wildman–Crippen LogP) is 2.61. The molecule has 2 aliphatic heterocycles. The highest BCUT2D eigenvalue weighted by Gasteiger charge is 2.41. The van der Waals surface area contributed by atoms with Crippen molar-refractivity contribution in [1.29, 1.82) is 0 Å². The summed E-state index contributed by atoms with van der Waals surface area (Å²) in [5, 5.41) is 4.06. The molecule has 6 nitrogen and oxygen atoms in total. The van der Waals surface area contributed by atoms with Crippen LogP contribution in [0.4, 0.5) is 5.69 Å². The molecule has 6 heteroatoms. The van der Waals surface area contributed by atoms with Crippen LogP contribution in [0.15, 0.2) is 42.1 Å². The van der Waals surface area contributed by atoms with E-state index in [0.29, 0.717) is 18.7 Å². The van der Waals surface area contributed by atoms with Crippen LogP contribution in [0.2, 0.25) is 0 Å². The summed E-state index contributed by atoms with van der Waals surface area (Å²) >= 11 is 0. The van der Waals surface area contributed by atoms with E-state index in [-0.39, 0.29) is 17.4 Å². The summed E-state index contributed by atoms with van der Waals surface area (Å²) in [6, 6.07) is 7.07. The Bertz CT molecular complexity index is 716. The molecule has 2 aliphatic rings. The van der Waals surface area contributed by atoms with Crippen molar-refractivity contribution in [2.45, 2.75) is 31.8 Å². The normalized spacial score (nSPS) is 18.5. The molecule has 3 rings (SSSR count). The van der Waals surface area contributed by atoms with Gasteiger partial charge >= 0.3 is 0 Å².